The topological polar surface area (TPSA) is 92.5 Å². The first-order chi connectivity index (χ1) is 18.9. The molecule has 202 valence electrons. The molecule has 1 aromatic carbocycles. The van der Waals surface area contributed by atoms with Crippen LogP contribution in [-0.2, 0) is 22.2 Å². The highest BCUT2D eigenvalue weighted by Gasteiger charge is 2.33. The number of aromatic amines is 1. The molecule has 1 N–H and O–H groups in total. The van der Waals surface area contributed by atoms with E-state index in [1.807, 2.05) is 11.0 Å². The molecule has 2 aliphatic rings. The van der Waals surface area contributed by atoms with Gasteiger partial charge in [0, 0.05) is 68.7 Å². The number of morpholine rings is 1. The number of ether oxygens (including phenoxy) is 2. The number of hydrogen-bond donors (Lipinski definition) is 1. The van der Waals surface area contributed by atoms with E-state index in [9.17, 15) is 13.2 Å². The van der Waals surface area contributed by atoms with Gasteiger partial charge in [-0.1, -0.05) is 0 Å². The molecular weight excluding hydrogens is 513 g/mol. The second-order valence-electron chi connectivity index (χ2n) is 9.96. The van der Waals surface area contributed by atoms with Crippen molar-refractivity contribution in [1.82, 2.24) is 24.8 Å². The fourth-order valence-corrected chi connectivity index (χ4v) is 5.33. The van der Waals surface area contributed by atoms with E-state index < -0.39 is 11.7 Å². The normalized spacial score (nSPS) is 17.5. The Bertz CT molecular complexity index is 1690. The number of nitrogens with zero attached hydrogens (tertiary/aromatic N) is 5. The molecule has 2 saturated heterocycles. The van der Waals surface area contributed by atoms with E-state index in [-0.39, 0.29) is 11.9 Å². The fourth-order valence-electron chi connectivity index (χ4n) is 5.33. The molecule has 0 atom stereocenters. The van der Waals surface area contributed by atoms with E-state index >= 15 is 0 Å². The van der Waals surface area contributed by atoms with Crippen molar-refractivity contribution in [2.45, 2.75) is 18.8 Å². The molecule has 0 spiro atoms. The molecule has 0 saturated carbocycles. The standard InChI is InChI=1S/C27H25F3N6O3/c1-37-17-13-35(14-17)12-15-8-20-22-23(39-26(20)32-11-15)25(36-4-6-38-7-5-36)34-24(33-22)19-9-16(27(28,29)30)10-21-18(19)2-3-31-21/h2-3,8-11,17,31H,4-7,12-14H2,1H3. The van der Waals surface area contributed by atoms with Crippen molar-refractivity contribution in [2.75, 3.05) is 51.4 Å². The minimum Gasteiger partial charge on any atom is -0.432 e. The third-order valence-electron chi connectivity index (χ3n) is 7.42. The van der Waals surface area contributed by atoms with E-state index in [0.717, 1.165) is 30.8 Å². The van der Waals surface area contributed by atoms with Crippen LogP contribution in [0.15, 0.2) is 41.1 Å². The zero-order valence-electron chi connectivity index (χ0n) is 21.1. The first-order valence-electron chi connectivity index (χ1n) is 12.7. The number of H-pyrrole nitrogens is 1. The zero-order valence-corrected chi connectivity index (χ0v) is 21.1. The number of benzene rings is 1. The van der Waals surface area contributed by atoms with Crippen molar-refractivity contribution in [3.8, 4) is 11.4 Å². The number of rotatable bonds is 5. The summed E-state index contributed by atoms with van der Waals surface area (Å²) in [4.78, 5) is 21.3. The second-order valence-corrected chi connectivity index (χ2v) is 9.96. The van der Waals surface area contributed by atoms with Gasteiger partial charge in [-0.25, -0.2) is 15.0 Å². The summed E-state index contributed by atoms with van der Waals surface area (Å²) in [5.41, 5.74) is 2.26. The summed E-state index contributed by atoms with van der Waals surface area (Å²) < 4.78 is 58.5. The molecule has 2 aliphatic heterocycles. The molecule has 0 unspecified atom stereocenters. The first-order valence-corrected chi connectivity index (χ1v) is 12.7. The van der Waals surface area contributed by atoms with Gasteiger partial charge in [0.05, 0.1) is 30.3 Å². The lowest BCUT2D eigenvalue weighted by atomic mass is 10.0. The second kappa shape index (κ2) is 9.18. The van der Waals surface area contributed by atoms with Crippen LogP contribution in [0.3, 0.4) is 0 Å². The third kappa shape index (κ3) is 4.28. The molecule has 0 radical (unpaired) electrons. The van der Waals surface area contributed by atoms with Gasteiger partial charge in [0.1, 0.15) is 5.52 Å². The number of pyridine rings is 1. The summed E-state index contributed by atoms with van der Waals surface area (Å²) in [5, 5.41) is 1.30. The first kappa shape index (κ1) is 24.3. The summed E-state index contributed by atoms with van der Waals surface area (Å²) in [6, 6.07) is 5.95. The molecule has 6 heterocycles. The SMILES string of the molecule is COC1CN(Cc2cnc3oc4c(N5CCOCC5)nc(-c5cc(C(F)(F)F)cc6[nH]ccc56)nc4c3c2)C1. The molecule has 4 aromatic heterocycles. The van der Waals surface area contributed by atoms with Gasteiger partial charge in [0.15, 0.2) is 17.2 Å². The van der Waals surface area contributed by atoms with Crippen molar-refractivity contribution < 1.29 is 27.1 Å². The van der Waals surface area contributed by atoms with E-state index in [0.29, 0.717) is 77.3 Å². The van der Waals surface area contributed by atoms with E-state index in [1.54, 1.807) is 25.6 Å². The highest BCUT2D eigenvalue weighted by molar-refractivity contribution is 6.06. The van der Waals surface area contributed by atoms with Gasteiger partial charge in [-0.05, 0) is 29.8 Å². The largest absolute Gasteiger partial charge is 0.432 e. The maximum Gasteiger partial charge on any atom is 0.416 e. The molecule has 0 bridgehead atoms. The Kier molecular flexibility index (Phi) is 5.72. The van der Waals surface area contributed by atoms with Crippen molar-refractivity contribution in [3.63, 3.8) is 0 Å². The fraction of sp³-hybridized carbons (Fsp3) is 0.370. The Balaban J connectivity index is 1.41. The maximum atomic E-state index is 13.8. The molecule has 7 rings (SSSR count). The van der Waals surface area contributed by atoms with Crippen LogP contribution in [0.1, 0.15) is 11.1 Å². The summed E-state index contributed by atoms with van der Waals surface area (Å²) in [5.74, 6) is 0.711. The average Bonchev–Trinajstić information content (AvgIpc) is 3.54. The molecule has 0 amide bonds. The summed E-state index contributed by atoms with van der Waals surface area (Å²) >= 11 is 0. The smallest absolute Gasteiger partial charge is 0.416 e. The Labute approximate surface area is 220 Å². The summed E-state index contributed by atoms with van der Waals surface area (Å²) in [6.07, 6.45) is -0.890. The Morgan fingerprint density at radius 3 is 2.69 bits per heavy atom. The summed E-state index contributed by atoms with van der Waals surface area (Å²) in [7, 11) is 1.71. The Hall–Kier alpha value is -3.74. The zero-order chi connectivity index (χ0) is 26.7. The molecule has 39 heavy (non-hydrogen) atoms. The van der Waals surface area contributed by atoms with E-state index in [2.05, 4.69) is 14.9 Å². The van der Waals surface area contributed by atoms with E-state index in [1.165, 1.54) is 0 Å². The Morgan fingerprint density at radius 2 is 1.92 bits per heavy atom. The highest BCUT2D eigenvalue weighted by atomic mass is 19.4. The number of nitrogens with one attached hydrogen (secondary N) is 1. The van der Waals surface area contributed by atoms with Crippen molar-refractivity contribution in [1.29, 1.82) is 0 Å². The van der Waals surface area contributed by atoms with E-state index in [4.69, 9.17) is 23.9 Å². The molecule has 2 fully saturated rings. The minimum absolute atomic E-state index is 0.193. The average molecular weight is 539 g/mol. The number of methoxy groups -OCH3 is 1. The molecular formula is C27H25F3N6O3. The van der Waals surface area contributed by atoms with Gasteiger partial charge >= 0.3 is 6.18 Å². The van der Waals surface area contributed by atoms with Gasteiger partial charge in [0.2, 0.25) is 5.71 Å². The maximum absolute atomic E-state index is 13.8. The van der Waals surface area contributed by atoms with Crippen LogP contribution < -0.4 is 4.90 Å². The monoisotopic (exact) mass is 538 g/mol. The summed E-state index contributed by atoms with van der Waals surface area (Å²) in [6.45, 7) is 4.53. The van der Waals surface area contributed by atoms with Gasteiger partial charge in [0.25, 0.3) is 0 Å². The van der Waals surface area contributed by atoms with Crippen LogP contribution in [0, 0.1) is 0 Å². The van der Waals surface area contributed by atoms with Crippen molar-refractivity contribution >= 4 is 38.9 Å². The quantitative estimate of drug-likeness (QED) is 0.347. The number of anilines is 1. The molecule has 12 heteroatoms. The Morgan fingerprint density at radius 1 is 1.10 bits per heavy atom. The molecule has 9 nitrogen and oxygen atoms in total. The number of furan rings is 1. The third-order valence-corrected chi connectivity index (χ3v) is 7.42. The highest BCUT2D eigenvalue weighted by Crippen LogP contribution is 2.39. The van der Waals surface area contributed by atoms with Gasteiger partial charge in [-0.3, -0.25) is 4.90 Å². The number of likely N-dealkylation sites (tertiary alicyclic amines) is 1. The van der Waals surface area contributed by atoms with Crippen LogP contribution in [-0.4, -0.2) is 77.4 Å². The van der Waals surface area contributed by atoms with Crippen LogP contribution in [0.25, 0.3) is 44.5 Å². The predicted octanol–water partition coefficient (Wildman–Crippen LogP) is 4.61. The number of alkyl halides is 3. The number of halogens is 3. The number of fused-ring (bicyclic) bond motifs is 4. The van der Waals surface area contributed by atoms with Gasteiger partial charge in [-0.15, -0.1) is 0 Å². The lowest BCUT2D eigenvalue weighted by Crippen LogP contribution is -2.50. The van der Waals surface area contributed by atoms with Crippen LogP contribution in [0.4, 0.5) is 19.0 Å². The van der Waals surface area contributed by atoms with Gasteiger partial charge in [-0.2, -0.15) is 13.2 Å². The van der Waals surface area contributed by atoms with Crippen molar-refractivity contribution in [2.24, 2.45) is 0 Å². The minimum atomic E-state index is -4.52. The van der Waals surface area contributed by atoms with Crippen LogP contribution in [0.5, 0.6) is 0 Å². The van der Waals surface area contributed by atoms with Crippen LogP contribution >= 0.6 is 0 Å². The lowest BCUT2D eigenvalue weighted by molar-refractivity contribution is -0.137. The van der Waals surface area contributed by atoms with Crippen LogP contribution in [0.2, 0.25) is 0 Å². The number of hydrogen-bond acceptors (Lipinski definition) is 8. The molecule has 0 aliphatic carbocycles. The lowest BCUT2D eigenvalue weighted by Gasteiger charge is -2.38. The number of aromatic nitrogens is 4. The van der Waals surface area contributed by atoms with Gasteiger partial charge < -0.3 is 23.8 Å². The van der Waals surface area contributed by atoms with Crippen molar-refractivity contribution in [3.05, 3.63) is 47.8 Å². The predicted molar refractivity (Wildman–Crippen MR) is 139 cm³/mol. The molecule has 5 aromatic rings.